The molecule has 0 saturated carbocycles. The summed E-state index contributed by atoms with van der Waals surface area (Å²) in [6.07, 6.45) is 3.71. The van der Waals surface area contributed by atoms with Crippen LogP contribution in [0.1, 0.15) is 37.7 Å². The molecule has 1 aliphatic rings. The fourth-order valence-corrected chi connectivity index (χ4v) is 1.63. The van der Waals surface area contributed by atoms with Crippen molar-refractivity contribution in [3.8, 4) is 0 Å². The van der Waals surface area contributed by atoms with E-state index in [0.29, 0.717) is 23.9 Å². The number of aromatic nitrogens is 2. The van der Waals surface area contributed by atoms with Gasteiger partial charge in [0.25, 0.3) is 0 Å². The number of hydrogen-bond acceptors (Lipinski definition) is 3. The molecule has 0 amide bonds. The van der Waals surface area contributed by atoms with Crippen LogP contribution in [0.15, 0.2) is 12.1 Å². The minimum absolute atomic E-state index is 0.241. The van der Waals surface area contributed by atoms with Crippen LogP contribution in [0.4, 0.5) is 0 Å². The maximum Gasteiger partial charge on any atom is 0.110 e. The summed E-state index contributed by atoms with van der Waals surface area (Å²) in [6, 6.07) is 0.293. The van der Waals surface area contributed by atoms with Crippen molar-refractivity contribution in [3.63, 3.8) is 0 Å². The molecule has 4 nitrogen and oxygen atoms in total. The molecule has 2 N–H and O–H groups in total. The van der Waals surface area contributed by atoms with E-state index in [0.717, 1.165) is 5.69 Å². The van der Waals surface area contributed by atoms with Crippen LogP contribution in [0.25, 0.3) is 6.08 Å². The molecule has 0 radical (unpaired) electrons. The van der Waals surface area contributed by atoms with Crippen LogP contribution in [0, 0.1) is 5.41 Å². The third-order valence-corrected chi connectivity index (χ3v) is 2.34. The Morgan fingerprint density at radius 3 is 2.93 bits per heavy atom. The molecule has 0 bridgehead atoms. The lowest BCUT2D eigenvalue weighted by atomic mass is 10.0. The summed E-state index contributed by atoms with van der Waals surface area (Å²) in [5.74, 6) is 0.241. The van der Waals surface area contributed by atoms with Gasteiger partial charge in [0.15, 0.2) is 0 Å². The van der Waals surface area contributed by atoms with E-state index in [1.54, 1.807) is 12.4 Å². The molecule has 0 aromatic carbocycles. The lowest BCUT2D eigenvalue weighted by Crippen LogP contribution is -2.11. The van der Waals surface area contributed by atoms with Crippen LogP contribution in [0.5, 0.6) is 0 Å². The van der Waals surface area contributed by atoms with E-state index < -0.39 is 0 Å². The Hall–Kier alpha value is -1.58. The second-order valence-corrected chi connectivity index (χ2v) is 3.77. The Kier molecular flexibility index (Phi) is 1.91. The lowest BCUT2D eigenvalue weighted by Gasteiger charge is -2.14. The zero-order valence-electron chi connectivity index (χ0n) is 8.28. The number of nitrogens with zero attached hydrogens (tertiary/aromatic N) is 2. The first-order valence-corrected chi connectivity index (χ1v) is 4.63. The fourth-order valence-electron chi connectivity index (χ4n) is 1.63. The normalized spacial score (nSPS) is 15.6. The number of allylic oxidation sites excluding steroid dienone is 1. The highest BCUT2D eigenvalue weighted by Crippen LogP contribution is 2.23. The molecule has 1 aliphatic carbocycles. The van der Waals surface area contributed by atoms with Crippen LogP contribution >= 0.6 is 0 Å². The molecule has 0 aliphatic heterocycles. The highest BCUT2D eigenvalue weighted by atomic mass is 16.3. The van der Waals surface area contributed by atoms with Gasteiger partial charge in [0.1, 0.15) is 11.5 Å². The van der Waals surface area contributed by atoms with Gasteiger partial charge in [0.05, 0.1) is 17.7 Å². The average Bonchev–Trinajstić information content (AvgIpc) is 2.47. The molecule has 2 rings (SSSR count). The van der Waals surface area contributed by atoms with Crippen LogP contribution in [0.2, 0.25) is 0 Å². The van der Waals surface area contributed by atoms with Crippen LogP contribution < -0.4 is 0 Å². The molecule has 1 aromatic heterocycles. The van der Waals surface area contributed by atoms with E-state index in [2.05, 4.69) is 4.98 Å². The highest BCUT2D eigenvalue weighted by molar-refractivity contribution is 6.02. The summed E-state index contributed by atoms with van der Waals surface area (Å²) in [5, 5.41) is 17.1. The zero-order valence-corrected chi connectivity index (χ0v) is 8.28. The predicted octanol–water partition coefficient (Wildman–Crippen LogP) is 2.13. The standard InChI is InChI=1S/C10H13N3O/c1-6(2)13-5-12-10-8(11)3-7(14)4-9(10)13/h4-6,11,14H,3H2,1-2H3. The van der Waals surface area contributed by atoms with E-state index >= 15 is 0 Å². The van der Waals surface area contributed by atoms with Gasteiger partial charge in [-0.05, 0) is 13.8 Å². The summed E-state index contributed by atoms with van der Waals surface area (Å²) in [5.41, 5.74) is 1.92. The molecule has 1 heterocycles. The third-order valence-electron chi connectivity index (χ3n) is 2.34. The molecule has 4 heteroatoms. The van der Waals surface area contributed by atoms with Crippen LogP contribution in [0.3, 0.4) is 0 Å². The van der Waals surface area contributed by atoms with Gasteiger partial charge in [-0.2, -0.15) is 0 Å². The Balaban J connectivity index is 2.58. The van der Waals surface area contributed by atoms with Gasteiger partial charge in [-0.25, -0.2) is 4.98 Å². The second-order valence-electron chi connectivity index (χ2n) is 3.77. The number of hydrogen-bond donors (Lipinski definition) is 2. The summed E-state index contributed by atoms with van der Waals surface area (Å²) in [4.78, 5) is 4.18. The minimum atomic E-state index is 0.241. The van der Waals surface area contributed by atoms with Crippen LogP contribution in [-0.4, -0.2) is 20.4 Å². The molecule has 74 valence electrons. The molecule has 0 spiro atoms. The van der Waals surface area contributed by atoms with Gasteiger partial charge in [-0.1, -0.05) is 0 Å². The van der Waals surface area contributed by atoms with Crippen molar-refractivity contribution in [2.75, 3.05) is 0 Å². The Morgan fingerprint density at radius 2 is 2.29 bits per heavy atom. The third kappa shape index (κ3) is 1.23. The number of aliphatic hydroxyl groups is 1. The van der Waals surface area contributed by atoms with Crippen LogP contribution in [-0.2, 0) is 0 Å². The number of fused-ring (bicyclic) bond motifs is 1. The maximum atomic E-state index is 9.43. The van der Waals surface area contributed by atoms with Crippen molar-refractivity contribution in [3.05, 3.63) is 23.5 Å². The van der Waals surface area contributed by atoms with Crippen molar-refractivity contribution in [2.45, 2.75) is 26.3 Å². The first-order chi connectivity index (χ1) is 6.59. The number of rotatable bonds is 1. The Morgan fingerprint density at radius 1 is 1.57 bits per heavy atom. The van der Waals surface area contributed by atoms with Gasteiger partial charge in [-0.15, -0.1) is 0 Å². The van der Waals surface area contributed by atoms with E-state index in [-0.39, 0.29) is 5.76 Å². The lowest BCUT2D eigenvalue weighted by molar-refractivity contribution is 0.408. The summed E-state index contributed by atoms with van der Waals surface area (Å²) < 4.78 is 1.96. The molecular formula is C10H13N3O. The minimum Gasteiger partial charge on any atom is -0.512 e. The first-order valence-electron chi connectivity index (χ1n) is 4.63. The van der Waals surface area contributed by atoms with Gasteiger partial charge in [0.2, 0.25) is 0 Å². The second kappa shape index (κ2) is 2.97. The predicted molar refractivity (Wildman–Crippen MR) is 54.7 cm³/mol. The molecule has 1 aromatic rings. The summed E-state index contributed by atoms with van der Waals surface area (Å²) in [6.45, 7) is 4.09. The van der Waals surface area contributed by atoms with E-state index in [1.807, 2.05) is 18.4 Å². The molecule has 0 atom stereocenters. The van der Waals surface area contributed by atoms with Gasteiger partial charge < -0.3 is 15.1 Å². The molecular weight excluding hydrogens is 178 g/mol. The summed E-state index contributed by atoms with van der Waals surface area (Å²) >= 11 is 0. The van der Waals surface area contributed by atoms with Gasteiger partial charge in [-0.3, -0.25) is 0 Å². The Labute approximate surface area is 82.4 Å². The molecule has 14 heavy (non-hydrogen) atoms. The quantitative estimate of drug-likeness (QED) is 0.714. The van der Waals surface area contributed by atoms with Crippen molar-refractivity contribution in [2.24, 2.45) is 0 Å². The first kappa shape index (κ1) is 8.99. The largest absolute Gasteiger partial charge is 0.512 e. The fraction of sp³-hybridized carbons (Fsp3) is 0.400. The van der Waals surface area contributed by atoms with Crippen molar-refractivity contribution in [1.82, 2.24) is 9.55 Å². The molecule has 0 fully saturated rings. The van der Waals surface area contributed by atoms with E-state index in [1.165, 1.54) is 0 Å². The monoisotopic (exact) mass is 191 g/mol. The Bertz CT molecular complexity index is 415. The average molecular weight is 191 g/mol. The van der Waals surface area contributed by atoms with Crippen molar-refractivity contribution < 1.29 is 5.11 Å². The number of aliphatic hydroxyl groups excluding tert-OH is 1. The number of imidazole rings is 1. The van der Waals surface area contributed by atoms with Gasteiger partial charge >= 0.3 is 0 Å². The molecule has 0 saturated heterocycles. The van der Waals surface area contributed by atoms with Crippen molar-refractivity contribution in [1.29, 1.82) is 5.41 Å². The SMILES string of the molecule is CC(C)n1cnc2c1C=C(O)CC2=N. The smallest absolute Gasteiger partial charge is 0.110 e. The molecule has 0 unspecified atom stereocenters. The highest BCUT2D eigenvalue weighted by Gasteiger charge is 2.20. The van der Waals surface area contributed by atoms with E-state index in [4.69, 9.17) is 5.41 Å². The van der Waals surface area contributed by atoms with Gasteiger partial charge in [0, 0.05) is 18.5 Å². The van der Waals surface area contributed by atoms with Crippen molar-refractivity contribution >= 4 is 11.8 Å². The topological polar surface area (TPSA) is 61.9 Å². The summed E-state index contributed by atoms with van der Waals surface area (Å²) in [7, 11) is 0. The van der Waals surface area contributed by atoms with E-state index in [9.17, 15) is 5.11 Å². The maximum absolute atomic E-state index is 9.43. The zero-order chi connectivity index (χ0) is 10.3. The number of nitrogens with one attached hydrogen (secondary N) is 1.